The van der Waals surface area contributed by atoms with Crippen LogP contribution in [0.5, 0.6) is 0 Å². The normalized spacial score (nSPS) is 18.6. The third-order valence-electron chi connectivity index (χ3n) is 1.07. The zero-order valence-corrected chi connectivity index (χ0v) is 5.54. The SMILES string of the molecule is C/C=C/C1=NCCC=N1. The van der Waals surface area contributed by atoms with Crippen molar-refractivity contribution in [2.75, 3.05) is 6.54 Å². The summed E-state index contributed by atoms with van der Waals surface area (Å²) in [6.45, 7) is 2.86. The maximum Gasteiger partial charge on any atom is 0.146 e. The number of hydrogen-bond donors (Lipinski definition) is 0. The van der Waals surface area contributed by atoms with Crippen molar-refractivity contribution in [2.45, 2.75) is 13.3 Å². The lowest BCUT2D eigenvalue weighted by molar-refractivity contribution is 1.03. The highest BCUT2D eigenvalue weighted by atomic mass is 14.9. The zero-order valence-electron chi connectivity index (χ0n) is 5.54. The Hall–Kier alpha value is -0.920. The quantitative estimate of drug-likeness (QED) is 0.502. The van der Waals surface area contributed by atoms with Crippen molar-refractivity contribution >= 4 is 12.1 Å². The molecule has 0 aromatic rings. The van der Waals surface area contributed by atoms with Gasteiger partial charge in [-0.1, -0.05) is 6.08 Å². The van der Waals surface area contributed by atoms with E-state index in [4.69, 9.17) is 0 Å². The second kappa shape index (κ2) is 3.17. The zero-order chi connectivity index (χ0) is 6.53. The molecular formula is C7H10N2. The molecule has 0 aromatic heterocycles. The predicted molar refractivity (Wildman–Crippen MR) is 40.2 cm³/mol. The van der Waals surface area contributed by atoms with Crippen molar-refractivity contribution in [3.63, 3.8) is 0 Å². The molecule has 1 heterocycles. The van der Waals surface area contributed by atoms with E-state index in [-0.39, 0.29) is 0 Å². The summed E-state index contributed by atoms with van der Waals surface area (Å²) >= 11 is 0. The molecule has 0 unspecified atom stereocenters. The van der Waals surface area contributed by atoms with Crippen LogP contribution in [0.25, 0.3) is 0 Å². The second-order valence-corrected chi connectivity index (χ2v) is 1.84. The van der Waals surface area contributed by atoms with Crippen molar-refractivity contribution in [2.24, 2.45) is 9.98 Å². The molecule has 0 N–H and O–H groups in total. The highest BCUT2D eigenvalue weighted by Crippen LogP contribution is 1.92. The molecule has 1 rings (SSSR count). The Labute approximate surface area is 55.0 Å². The number of hydrogen-bond acceptors (Lipinski definition) is 2. The van der Waals surface area contributed by atoms with Gasteiger partial charge < -0.3 is 0 Å². The Balaban J connectivity index is 2.58. The summed E-state index contributed by atoms with van der Waals surface area (Å²) in [4.78, 5) is 8.21. The van der Waals surface area contributed by atoms with Gasteiger partial charge in [0.2, 0.25) is 0 Å². The monoisotopic (exact) mass is 122 g/mol. The molecule has 0 saturated carbocycles. The largest absolute Gasteiger partial charge is 0.266 e. The van der Waals surface area contributed by atoms with Gasteiger partial charge in [-0.15, -0.1) is 0 Å². The lowest BCUT2D eigenvalue weighted by Crippen LogP contribution is -1.98. The molecule has 0 bridgehead atoms. The van der Waals surface area contributed by atoms with Crippen LogP contribution >= 0.6 is 0 Å². The summed E-state index contributed by atoms with van der Waals surface area (Å²) in [5.74, 6) is 0.851. The first-order chi connectivity index (χ1) is 4.43. The van der Waals surface area contributed by atoms with Crippen LogP contribution in [0.3, 0.4) is 0 Å². The summed E-state index contributed by atoms with van der Waals surface area (Å²) < 4.78 is 0. The first-order valence-corrected chi connectivity index (χ1v) is 3.13. The molecule has 0 spiro atoms. The van der Waals surface area contributed by atoms with E-state index in [1.54, 1.807) is 0 Å². The number of aliphatic imine (C=N–C) groups is 2. The minimum absolute atomic E-state index is 0.851. The molecule has 2 nitrogen and oxygen atoms in total. The Morgan fingerprint density at radius 3 is 3.11 bits per heavy atom. The summed E-state index contributed by atoms with van der Waals surface area (Å²) in [6.07, 6.45) is 6.75. The van der Waals surface area contributed by atoms with Gasteiger partial charge in [-0.25, -0.2) is 4.99 Å². The van der Waals surface area contributed by atoms with E-state index in [9.17, 15) is 0 Å². The van der Waals surface area contributed by atoms with Crippen molar-refractivity contribution in [1.29, 1.82) is 0 Å². The lowest BCUT2D eigenvalue weighted by Gasteiger charge is -1.97. The number of nitrogens with zero attached hydrogens (tertiary/aromatic N) is 2. The van der Waals surface area contributed by atoms with Crippen LogP contribution < -0.4 is 0 Å². The molecule has 48 valence electrons. The maximum atomic E-state index is 4.15. The second-order valence-electron chi connectivity index (χ2n) is 1.84. The summed E-state index contributed by atoms with van der Waals surface area (Å²) in [5, 5.41) is 0. The molecule has 0 saturated heterocycles. The molecule has 0 fully saturated rings. The van der Waals surface area contributed by atoms with Crippen LogP contribution in [0.15, 0.2) is 22.1 Å². The van der Waals surface area contributed by atoms with Gasteiger partial charge in [0.15, 0.2) is 0 Å². The Kier molecular flexibility index (Phi) is 2.19. The summed E-state index contributed by atoms with van der Waals surface area (Å²) in [6, 6.07) is 0. The average molecular weight is 122 g/mol. The standard InChI is InChI=1S/C7H10N2/c1-2-4-7-8-5-3-6-9-7/h2,4-5H,3,6H2,1H3/b4-2+. The Morgan fingerprint density at radius 2 is 2.56 bits per heavy atom. The molecule has 0 amide bonds. The van der Waals surface area contributed by atoms with Crippen molar-refractivity contribution in [1.82, 2.24) is 0 Å². The molecule has 9 heavy (non-hydrogen) atoms. The number of allylic oxidation sites excluding steroid dienone is 1. The molecule has 0 aromatic carbocycles. The van der Waals surface area contributed by atoms with E-state index in [1.165, 1.54) is 0 Å². The van der Waals surface area contributed by atoms with Gasteiger partial charge in [0.05, 0.1) is 0 Å². The third-order valence-corrected chi connectivity index (χ3v) is 1.07. The summed E-state index contributed by atoms with van der Waals surface area (Å²) in [7, 11) is 0. The van der Waals surface area contributed by atoms with Crippen LogP contribution in [-0.2, 0) is 0 Å². The van der Waals surface area contributed by atoms with Crippen LogP contribution in [0.2, 0.25) is 0 Å². The fourth-order valence-corrected chi connectivity index (χ4v) is 0.681. The summed E-state index contributed by atoms with van der Waals surface area (Å²) in [5.41, 5.74) is 0. The van der Waals surface area contributed by atoms with E-state index in [1.807, 2.05) is 25.3 Å². The highest BCUT2D eigenvalue weighted by Gasteiger charge is 1.92. The Morgan fingerprint density at radius 1 is 1.67 bits per heavy atom. The topological polar surface area (TPSA) is 24.7 Å². The molecule has 1 aliphatic rings. The third kappa shape index (κ3) is 1.80. The van der Waals surface area contributed by atoms with Crippen LogP contribution in [0.1, 0.15) is 13.3 Å². The first-order valence-electron chi connectivity index (χ1n) is 3.13. The smallest absolute Gasteiger partial charge is 0.146 e. The van der Waals surface area contributed by atoms with Gasteiger partial charge in [0, 0.05) is 19.2 Å². The fraction of sp³-hybridized carbons (Fsp3) is 0.429. The van der Waals surface area contributed by atoms with Crippen LogP contribution in [0, 0.1) is 0 Å². The van der Waals surface area contributed by atoms with Crippen LogP contribution in [0.4, 0.5) is 0 Å². The molecule has 0 aliphatic carbocycles. The van der Waals surface area contributed by atoms with Gasteiger partial charge in [0.1, 0.15) is 5.84 Å². The average Bonchev–Trinajstić information content (AvgIpc) is 1.91. The minimum Gasteiger partial charge on any atom is -0.266 e. The van der Waals surface area contributed by atoms with Gasteiger partial charge >= 0.3 is 0 Å². The first kappa shape index (κ1) is 6.20. The van der Waals surface area contributed by atoms with Gasteiger partial charge in [-0.2, -0.15) is 0 Å². The van der Waals surface area contributed by atoms with Crippen molar-refractivity contribution < 1.29 is 0 Å². The van der Waals surface area contributed by atoms with E-state index >= 15 is 0 Å². The molecule has 0 atom stereocenters. The highest BCUT2D eigenvalue weighted by molar-refractivity contribution is 5.99. The molecule has 2 heteroatoms. The van der Waals surface area contributed by atoms with E-state index in [0.717, 1.165) is 18.8 Å². The van der Waals surface area contributed by atoms with Gasteiger partial charge in [0.25, 0.3) is 0 Å². The minimum atomic E-state index is 0.851. The van der Waals surface area contributed by atoms with Gasteiger partial charge in [-0.05, 0) is 13.0 Å². The molecule has 1 aliphatic heterocycles. The molecule has 0 radical (unpaired) electrons. The predicted octanol–water partition coefficient (Wildman–Crippen LogP) is 1.44. The fourth-order valence-electron chi connectivity index (χ4n) is 0.681. The van der Waals surface area contributed by atoms with Crippen LogP contribution in [-0.4, -0.2) is 18.6 Å². The number of amidine groups is 1. The van der Waals surface area contributed by atoms with Gasteiger partial charge in [-0.3, -0.25) is 4.99 Å². The van der Waals surface area contributed by atoms with Crippen molar-refractivity contribution in [3.8, 4) is 0 Å². The Bertz CT molecular complexity index is 162. The maximum absolute atomic E-state index is 4.15. The van der Waals surface area contributed by atoms with E-state index in [2.05, 4.69) is 9.98 Å². The van der Waals surface area contributed by atoms with Crippen molar-refractivity contribution in [3.05, 3.63) is 12.2 Å². The van der Waals surface area contributed by atoms with E-state index < -0.39 is 0 Å². The number of rotatable bonds is 1. The molecular weight excluding hydrogens is 112 g/mol. The lowest BCUT2D eigenvalue weighted by atomic mass is 10.4. The van der Waals surface area contributed by atoms with E-state index in [0.29, 0.717) is 0 Å².